The zero-order valence-corrected chi connectivity index (χ0v) is 13.5. The fraction of sp³-hybridized carbons (Fsp3) is 0.684. The normalized spacial score (nSPS) is 22.7. The fourth-order valence-electron chi connectivity index (χ4n) is 4.02. The maximum atomic E-state index is 9.27. The molecule has 3 rings (SSSR count). The van der Waals surface area contributed by atoms with Crippen molar-refractivity contribution < 1.29 is 9.84 Å². The van der Waals surface area contributed by atoms with Crippen molar-refractivity contribution in [2.75, 3.05) is 32.9 Å². The van der Waals surface area contributed by atoms with Crippen LogP contribution in [0.3, 0.4) is 0 Å². The SMILES string of the molecule is OCCCN(CC1CCOCC1)[C@@H]1CCCc2ccccc21. The van der Waals surface area contributed by atoms with E-state index in [9.17, 15) is 5.11 Å². The van der Waals surface area contributed by atoms with Gasteiger partial charge in [-0.1, -0.05) is 24.3 Å². The summed E-state index contributed by atoms with van der Waals surface area (Å²) in [6.45, 7) is 4.29. The number of ether oxygens (including phenoxy) is 1. The molecule has 1 N–H and O–H groups in total. The van der Waals surface area contributed by atoms with Crippen molar-refractivity contribution in [2.24, 2.45) is 5.92 Å². The van der Waals surface area contributed by atoms with E-state index >= 15 is 0 Å². The molecular formula is C19H29NO2. The van der Waals surface area contributed by atoms with Crippen molar-refractivity contribution >= 4 is 0 Å². The van der Waals surface area contributed by atoms with Crippen LogP contribution in [0.15, 0.2) is 24.3 Å². The van der Waals surface area contributed by atoms with Crippen molar-refractivity contribution in [3.63, 3.8) is 0 Å². The van der Waals surface area contributed by atoms with E-state index in [1.165, 1.54) is 43.2 Å². The van der Waals surface area contributed by atoms with E-state index in [1.807, 2.05) is 0 Å². The molecule has 0 radical (unpaired) electrons. The summed E-state index contributed by atoms with van der Waals surface area (Å²) in [7, 11) is 0. The second kappa shape index (κ2) is 8.09. The highest BCUT2D eigenvalue weighted by atomic mass is 16.5. The van der Waals surface area contributed by atoms with Crippen LogP contribution >= 0.6 is 0 Å². The third-order valence-electron chi connectivity index (χ3n) is 5.22. The smallest absolute Gasteiger partial charge is 0.0469 e. The summed E-state index contributed by atoms with van der Waals surface area (Å²) < 4.78 is 5.51. The minimum Gasteiger partial charge on any atom is -0.396 e. The first-order chi connectivity index (χ1) is 10.9. The summed E-state index contributed by atoms with van der Waals surface area (Å²) in [4.78, 5) is 2.64. The minimum atomic E-state index is 0.290. The van der Waals surface area contributed by atoms with Crippen LogP contribution in [0.25, 0.3) is 0 Å². The van der Waals surface area contributed by atoms with Crippen molar-refractivity contribution in [3.8, 4) is 0 Å². The van der Waals surface area contributed by atoms with Gasteiger partial charge in [0.15, 0.2) is 0 Å². The summed E-state index contributed by atoms with van der Waals surface area (Å²) in [5, 5.41) is 9.27. The van der Waals surface area contributed by atoms with Crippen molar-refractivity contribution in [1.29, 1.82) is 0 Å². The molecule has 1 saturated heterocycles. The molecule has 1 aromatic rings. The molecule has 1 aliphatic carbocycles. The van der Waals surface area contributed by atoms with E-state index in [0.29, 0.717) is 12.6 Å². The Hall–Kier alpha value is -0.900. The van der Waals surface area contributed by atoms with Gasteiger partial charge in [-0.3, -0.25) is 4.90 Å². The van der Waals surface area contributed by atoms with Gasteiger partial charge in [-0.05, 0) is 55.6 Å². The Bertz CT molecular complexity index is 457. The standard InChI is InChI=1S/C19H29NO2/c21-12-4-11-20(15-16-9-13-22-14-10-16)19-8-3-6-17-5-1-2-7-18(17)19/h1-2,5,7,16,19,21H,3-4,6,8-15H2/t19-/m1/s1. The Balaban J connectivity index is 1.73. The van der Waals surface area contributed by atoms with Crippen LogP contribution in [0.1, 0.15) is 49.3 Å². The molecule has 1 heterocycles. The molecule has 0 unspecified atom stereocenters. The molecular weight excluding hydrogens is 274 g/mol. The number of fused-ring (bicyclic) bond motifs is 1. The van der Waals surface area contributed by atoms with Crippen LogP contribution in [0, 0.1) is 5.92 Å². The molecule has 2 aliphatic rings. The quantitative estimate of drug-likeness (QED) is 0.876. The molecule has 22 heavy (non-hydrogen) atoms. The molecule has 0 amide bonds. The monoisotopic (exact) mass is 303 g/mol. The van der Waals surface area contributed by atoms with E-state index < -0.39 is 0 Å². The number of nitrogens with zero attached hydrogens (tertiary/aromatic N) is 1. The molecule has 0 aromatic heterocycles. The van der Waals surface area contributed by atoms with Gasteiger partial charge in [-0.15, -0.1) is 0 Å². The number of aliphatic hydroxyl groups is 1. The number of hydrogen-bond donors (Lipinski definition) is 1. The first kappa shape index (κ1) is 16.0. The minimum absolute atomic E-state index is 0.290. The second-order valence-corrected chi connectivity index (χ2v) is 6.73. The summed E-state index contributed by atoms with van der Waals surface area (Å²) >= 11 is 0. The van der Waals surface area contributed by atoms with Gasteiger partial charge in [-0.25, -0.2) is 0 Å². The third kappa shape index (κ3) is 3.89. The highest BCUT2D eigenvalue weighted by molar-refractivity contribution is 5.32. The maximum absolute atomic E-state index is 9.27. The number of hydrogen-bond acceptors (Lipinski definition) is 3. The van der Waals surface area contributed by atoms with Crippen LogP contribution < -0.4 is 0 Å². The predicted octanol–water partition coefficient (Wildman–Crippen LogP) is 3.18. The van der Waals surface area contributed by atoms with Gasteiger partial charge in [0.2, 0.25) is 0 Å². The highest BCUT2D eigenvalue weighted by Crippen LogP contribution is 2.35. The number of aliphatic hydroxyl groups excluding tert-OH is 1. The average molecular weight is 303 g/mol. The summed E-state index contributed by atoms with van der Waals surface area (Å²) in [6.07, 6.45) is 7.00. The van der Waals surface area contributed by atoms with E-state index in [1.54, 1.807) is 0 Å². The molecule has 0 spiro atoms. The summed E-state index contributed by atoms with van der Waals surface area (Å²) in [5.74, 6) is 0.751. The Labute approximate surface area is 134 Å². The lowest BCUT2D eigenvalue weighted by molar-refractivity contribution is 0.0415. The maximum Gasteiger partial charge on any atom is 0.0469 e. The van der Waals surface area contributed by atoms with Crippen LogP contribution in [0.5, 0.6) is 0 Å². The molecule has 3 heteroatoms. The van der Waals surface area contributed by atoms with Crippen LogP contribution in [0.2, 0.25) is 0 Å². The Kier molecular flexibility index (Phi) is 5.88. The summed E-state index contributed by atoms with van der Waals surface area (Å²) in [5.41, 5.74) is 3.05. The molecule has 1 aliphatic heterocycles. The molecule has 3 nitrogen and oxygen atoms in total. The third-order valence-corrected chi connectivity index (χ3v) is 5.22. The summed E-state index contributed by atoms with van der Waals surface area (Å²) in [6, 6.07) is 9.49. The Morgan fingerprint density at radius 1 is 1.14 bits per heavy atom. The van der Waals surface area contributed by atoms with E-state index in [-0.39, 0.29) is 0 Å². The Morgan fingerprint density at radius 2 is 1.95 bits per heavy atom. The van der Waals surface area contributed by atoms with Gasteiger partial charge in [-0.2, -0.15) is 0 Å². The van der Waals surface area contributed by atoms with E-state index in [4.69, 9.17) is 4.74 Å². The predicted molar refractivity (Wildman–Crippen MR) is 88.9 cm³/mol. The average Bonchev–Trinajstić information content (AvgIpc) is 2.59. The van der Waals surface area contributed by atoms with Gasteiger partial charge in [0.1, 0.15) is 0 Å². The first-order valence-electron chi connectivity index (χ1n) is 8.89. The van der Waals surface area contributed by atoms with Gasteiger partial charge >= 0.3 is 0 Å². The number of aryl methyl sites for hydroxylation is 1. The fourth-order valence-corrected chi connectivity index (χ4v) is 4.02. The van der Waals surface area contributed by atoms with Crippen molar-refractivity contribution in [2.45, 2.75) is 44.6 Å². The lowest BCUT2D eigenvalue weighted by atomic mass is 9.86. The van der Waals surface area contributed by atoms with Gasteiger partial charge in [0, 0.05) is 39.0 Å². The van der Waals surface area contributed by atoms with Crippen LogP contribution in [-0.2, 0) is 11.2 Å². The lowest BCUT2D eigenvalue weighted by Crippen LogP contribution is -2.37. The molecule has 0 bridgehead atoms. The number of benzene rings is 1. The van der Waals surface area contributed by atoms with Gasteiger partial charge in [0.25, 0.3) is 0 Å². The zero-order chi connectivity index (χ0) is 15.2. The Morgan fingerprint density at radius 3 is 2.77 bits per heavy atom. The van der Waals surface area contributed by atoms with Gasteiger partial charge in [0.05, 0.1) is 0 Å². The molecule has 1 fully saturated rings. The largest absolute Gasteiger partial charge is 0.396 e. The molecule has 1 atom stereocenters. The highest BCUT2D eigenvalue weighted by Gasteiger charge is 2.27. The first-order valence-corrected chi connectivity index (χ1v) is 8.89. The number of rotatable bonds is 6. The van der Waals surface area contributed by atoms with Gasteiger partial charge < -0.3 is 9.84 Å². The zero-order valence-electron chi connectivity index (χ0n) is 13.5. The lowest BCUT2D eigenvalue weighted by Gasteiger charge is -2.38. The molecule has 1 aromatic carbocycles. The molecule has 0 saturated carbocycles. The molecule has 122 valence electrons. The van der Waals surface area contributed by atoms with Crippen molar-refractivity contribution in [3.05, 3.63) is 35.4 Å². The van der Waals surface area contributed by atoms with Crippen LogP contribution in [0.4, 0.5) is 0 Å². The van der Waals surface area contributed by atoms with Crippen LogP contribution in [-0.4, -0.2) is 42.9 Å². The topological polar surface area (TPSA) is 32.7 Å². The second-order valence-electron chi connectivity index (χ2n) is 6.73. The van der Waals surface area contributed by atoms with E-state index in [2.05, 4.69) is 29.2 Å². The van der Waals surface area contributed by atoms with Crippen molar-refractivity contribution in [1.82, 2.24) is 4.90 Å². The van der Waals surface area contributed by atoms with E-state index in [0.717, 1.165) is 38.6 Å².